The molecule has 0 aromatic heterocycles. The van der Waals surface area contributed by atoms with Crippen LogP contribution < -0.4 is 5.73 Å². The molecule has 0 amide bonds. The summed E-state index contributed by atoms with van der Waals surface area (Å²) in [5, 5.41) is 0. The summed E-state index contributed by atoms with van der Waals surface area (Å²) in [5.74, 6) is 0.742. The molecule has 1 heteroatoms. The van der Waals surface area contributed by atoms with Crippen LogP contribution in [-0.2, 0) is 13.0 Å². The van der Waals surface area contributed by atoms with E-state index in [0.717, 1.165) is 5.92 Å². The molecule has 1 nitrogen and oxygen atoms in total. The SMILES string of the molecule is CC1CCc2ccc(CN)cc21. The third kappa shape index (κ3) is 1.14. The molecule has 0 heterocycles. The van der Waals surface area contributed by atoms with Crippen molar-refractivity contribution in [1.29, 1.82) is 0 Å². The summed E-state index contributed by atoms with van der Waals surface area (Å²) in [7, 11) is 0. The molecule has 0 fully saturated rings. The smallest absolute Gasteiger partial charge is 0.0178 e. The molecule has 1 unspecified atom stereocenters. The van der Waals surface area contributed by atoms with E-state index in [4.69, 9.17) is 5.73 Å². The van der Waals surface area contributed by atoms with Gasteiger partial charge in [-0.25, -0.2) is 0 Å². The maximum atomic E-state index is 5.59. The number of nitrogens with two attached hydrogens (primary N) is 1. The average Bonchev–Trinajstić information content (AvgIpc) is 2.47. The van der Waals surface area contributed by atoms with Crippen LogP contribution in [0.3, 0.4) is 0 Å². The second kappa shape index (κ2) is 2.91. The van der Waals surface area contributed by atoms with E-state index in [1.54, 1.807) is 0 Å². The molecule has 2 rings (SSSR count). The third-order valence-electron chi connectivity index (χ3n) is 2.82. The number of fused-ring (bicyclic) bond motifs is 1. The molecule has 0 spiro atoms. The lowest BCUT2D eigenvalue weighted by molar-refractivity contribution is 0.746. The fourth-order valence-electron chi connectivity index (χ4n) is 1.99. The summed E-state index contributed by atoms with van der Waals surface area (Å²) in [6.45, 7) is 2.96. The number of hydrogen-bond acceptors (Lipinski definition) is 1. The van der Waals surface area contributed by atoms with Crippen molar-refractivity contribution in [1.82, 2.24) is 0 Å². The Morgan fingerprint density at radius 2 is 2.33 bits per heavy atom. The van der Waals surface area contributed by atoms with Crippen molar-refractivity contribution >= 4 is 0 Å². The zero-order valence-electron chi connectivity index (χ0n) is 7.51. The molecule has 1 aliphatic carbocycles. The Morgan fingerprint density at radius 3 is 3.08 bits per heavy atom. The van der Waals surface area contributed by atoms with E-state index in [-0.39, 0.29) is 0 Å². The summed E-state index contributed by atoms with van der Waals surface area (Å²) < 4.78 is 0. The van der Waals surface area contributed by atoms with Crippen LogP contribution in [-0.4, -0.2) is 0 Å². The van der Waals surface area contributed by atoms with Gasteiger partial charge in [0.1, 0.15) is 0 Å². The van der Waals surface area contributed by atoms with E-state index in [1.807, 2.05) is 0 Å². The Kier molecular flexibility index (Phi) is 1.89. The van der Waals surface area contributed by atoms with Gasteiger partial charge in [-0.3, -0.25) is 0 Å². The molecular weight excluding hydrogens is 146 g/mol. The van der Waals surface area contributed by atoms with Crippen molar-refractivity contribution in [2.24, 2.45) is 5.73 Å². The molecule has 1 aromatic carbocycles. The summed E-state index contributed by atoms with van der Waals surface area (Å²) in [6.07, 6.45) is 2.56. The van der Waals surface area contributed by atoms with Crippen molar-refractivity contribution in [2.45, 2.75) is 32.2 Å². The van der Waals surface area contributed by atoms with Gasteiger partial charge in [0, 0.05) is 6.54 Å². The van der Waals surface area contributed by atoms with Gasteiger partial charge in [0.25, 0.3) is 0 Å². The molecule has 1 aromatic rings. The van der Waals surface area contributed by atoms with Gasteiger partial charge in [0.15, 0.2) is 0 Å². The molecule has 1 aliphatic rings. The Bertz CT molecular complexity index is 291. The molecule has 0 bridgehead atoms. The van der Waals surface area contributed by atoms with Crippen LogP contribution in [0, 0.1) is 0 Å². The van der Waals surface area contributed by atoms with Crippen LogP contribution in [0.1, 0.15) is 36.0 Å². The van der Waals surface area contributed by atoms with Crippen molar-refractivity contribution in [3.63, 3.8) is 0 Å². The van der Waals surface area contributed by atoms with Gasteiger partial charge in [-0.15, -0.1) is 0 Å². The molecular formula is C11H15N. The van der Waals surface area contributed by atoms with Gasteiger partial charge in [0.2, 0.25) is 0 Å². The van der Waals surface area contributed by atoms with Crippen molar-refractivity contribution < 1.29 is 0 Å². The predicted molar refractivity (Wildman–Crippen MR) is 51.1 cm³/mol. The molecule has 64 valence electrons. The van der Waals surface area contributed by atoms with E-state index < -0.39 is 0 Å². The zero-order chi connectivity index (χ0) is 8.55. The number of aryl methyl sites for hydroxylation is 1. The average molecular weight is 161 g/mol. The van der Waals surface area contributed by atoms with Gasteiger partial charge in [-0.05, 0) is 35.4 Å². The van der Waals surface area contributed by atoms with Crippen molar-refractivity contribution in [3.8, 4) is 0 Å². The maximum absolute atomic E-state index is 5.59. The van der Waals surface area contributed by atoms with Crippen LogP contribution in [0.25, 0.3) is 0 Å². The summed E-state index contributed by atoms with van der Waals surface area (Å²) in [4.78, 5) is 0. The predicted octanol–water partition coefficient (Wildman–Crippen LogP) is 2.20. The molecule has 0 saturated carbocycles. The van der Waals surface area contributed by atoms with E-state index in [0.29, 0.717) is 6.54 Å². The lowest BCUT2D eigenvalue weighted by atomic mass is 10.0. The highest BCUT2D eigenvalue weighted by Crippen LogP contribution is 2.32. The fourth-order valence-corrected chi connectivity index (χ4v) is 1.99. The fraction of sp³-hybridized carbons (Fsp3) is 0.455. The van der Waals surface area contributed by atoms with Gasteiger partial charge >= 0.3 is 0 Å². The second-order valence-electron chi connectivity index (χ2n) is 3.68. The Hall–Kier alpha value is -0.820. The van der Waals surface area contributed by atoms with Crippen LogP contribution >= 0.6 is 0 Å². The summed E-state index contributed by atoms with van der Waals surface area (Å²) >= 11 is 0. The molecule has 1 atom stereocenters. The first-order chi connectivity index (χ1) is 5.81. The highest BCUT2D eigenvalue weighted by atomic mass is 14.5. The van der Waals surface area contributed by atoms with E-state index >= 15 is 0 Å². The molecule has 0 saturated heterocycles. The van der Waals surface area contributed by atoms with Gasteiger partial charge < -0.3 is 5.73 Å². The highest BCUT2D eigenvalue weighted by molar-refractivity contribution is 5.37. The molecule has 2 N–H and O–H groups in total. The Labute approximate surface area is 73.6 Å². The molecule has 12 heavy (non-hydrogen) atoms. The van der Waals surface area contributed by atoms with E-state index in [9.17, 15) is 0 Å². The Balaban J connectivity index is 2.43. The van der Waals surface area contributed by atoms with Gasteiger partial charge in [-0.1, -0.05) is 25.1 Å². The maximum Gasteiger partial charge on any atom is 0.0178 e. The van der Waals surface area contributed by atoms with Crippen LogP contribution in [0.2, 0.25) is 0 Å². The monoisotopic (exact) mass is 161 g/mol. The summed E-state index contributed by atoms with van der Waals surface area (Å²) in [6, 6.07) is 6.66. The zero-order valence-corrected chi connectivity index (χ0v) is 7.51. The van der Waals surface area contributed by atoms with Crippen molar-refractivity contribution in [2.75, 3.05) is 0 Å². The Morgan fingerprint density at radius 1 is 1.50 bits per heavy atom. The number of rotatable bonds is 1. The summed E-state index contributed by atoms with van der Waals surface area (Å²) in [5.41, 5.74) is 9.91. The first-order valence-electron chi connectivity index (χ1n) is 4.63. The quantitative estimate of drug-likeness (QED) is 0.671. The van der Waals surface area contributed by atoms with Gasteiger partial charge in [0.05, 0.1) is 0 Å². The minimum absolute atomic E-state index is 0.667. The van der Waals surface area contributed by atoms with Crippen LogP contribution in [0.4, 0.5) is 0 Å². The number of hydrogen-bond donors (Lipinski definition) is 1. The normalized spacial score (nSPS) is 21.0. The van der Waals surface area contributed by atoms with E-state index in [1.165, 1.54) is 29.5 Å². The van der Waals surface area contributed by atoms with E-state index in [2.05, 4.69) is 25.1 Å². The highest BCUT2D eigenvalue weighted by Gasteiger charge is 2.17. The molecule has 0 radical (unpaired) electrons. The minimum Gasteiger partial charge on any atom is -0.326 e. The largest absolute Gasteiger partial charge is 0.326 e. The second-order valence-corrected chi connectivity index (χ2v) is 3.68. The first kappa shape index (κ1) is 7.81. The number of benzene rings is 1. The van der Waals surface area contributed by atoms with Crippen LogP contribution in [0.5, 0.6) is 0 Å². The lowest BCUT2D eigenvalue weighted by Crippen LogP contribution is -1.97. The first-order valence-corrected chi connectivity index (χ1v) is 4.63. The molecule has 0 aliphatic heterocycles. The standard InChI is InChI=1S/C11H15N/c1-8-2-4-10-5-3-9(7-12)6-11(8)10/h3,5-6,8H,2,4,7,12H2,1H3. The van der Waals surface area contributed by atoms with Crippen LogP contribution in [0.15, 0.2) is 18.2 Å². The minimum atomic E-state index is 0.667. The van der Waals surface area contributed by atoms with Crippen molar-refractivity contribution in [3.05, 3.63) is 34.9 Å². The lowest BCUT2D eigenvalue weighted by Gasteiger charge is -2.05. The van der Waals surface area contributed by atoms with Gasteiger partial charge in [-0.2, -0.15) is 0 Å². The topological polar surface area (TPSA) is 26.0 Å². The third-order valence-corrected chi connectivity index (χ3v) is 2.82.